The Hall–Kier alpha value is -3.44. The molecule has 0 fully saturated rings. The quantitative estimate of drug-likeness (QED) is 0.704. The summed E-state index contributed by atoms with van der Waals surface area (Å²) < 4.78 is 17.2. The van der Waals surface area contributed by atoms with E-state index in [-0.39, 0.29) is 12.3 Å². The minimum atomic E-state index is -0.274. The van der Waals surface area contributed by atoms with Gasteiger partial charge in [-0.25, -0.2) is 0 Å². The number of ether oxygens (including phenoxy) is 3. The number of nitrogens with one attached hydrogen (secondary N) is 1. The Balaban J connectivity index is 1.58. The summed E-state index contributed by atoms with van der Waals surface area (Å²) in [6, 6.07) is 24.3. The fraction of sp³-hybridized carbons (Fsp3) is 0.167. The molecular weight excluding hydrogens is 364 g/mol. The molecule has 0 unspecified atom stereocenters. The summed E-state index contributed by atoms with van der Waals surface area (Å²) in [6.45, 7) is 0. The van der Waals surface area contributed by atoms with Gasteiger partial charge in [0, 0.05) is 11.1 Å². The Morgan fingerprint density at radius 2 is 1.59 bits per heavy atom. The second-order valence-electron chi connectivity index (χ2n) is 7.06. The molecule has 0 aromatic heterocycles. The maximum atomic E-state index is 6.42. The molecule has 1 N–H and O–H groups in total. The second kappa shape index (κ2) is 7.18. The van der Waals surface area contributed by atoms with Crippen molar-refractivity contribution in [2.45, 2.75) is 12.3 Å². The van der Waals surface area contributed by atoms with Crippen LogP contribution in [0.5, 0.6) is 17.2 Å². The Bertz CT molecular complexity index is 1050. The summed E-state index contributed by atoms with van der Waals surface area (Å²) in [5.74, 6) is 2.50. The Morgan fingerprint density at radius 3 is 2.31 bits per heavy atom. The highest BCUT2D eigenvalue weighted by atomic mass is 16.5. The summed E-state index contributed by atoms with van der Waals surface area (Å²) in [5, 5.41) is 2.14. The van der Waals surface area contributed by atoms with Gasteiger partial charge in [0.1, 0.15) is 17.2 Å². The average Bonchev–Trinajstić information content (AvgIpc) is 3.25. The zero-order valence-electron chi connectivity index (χ0n) is 16.3. The normalized spacial score (nSPS) is 20.0. The van der Waals surface area contributed by atoms with Crippen molar-refractivity contribution in [3.63, 3.8) is 0 Å². The predicted molar refractivity (Wildman–Crippen MR) is 111 cm³/mol. The van der Waals surface area contributed by atoms with Crippen molar-refractivity contribution >= 4 is 5.70 Å². The molecule has 0 saturated heterocycles. The second-order valence-corrected chi connectivity index (χ2v) is 7.06. The third-order valence-corrected chi connectivity index (χ3v) is 5.39. The maximum Gasteiger partial charge on any atom is 0.195 e. The summed E-state index contributed by atoms with van der Waals surface area (Å²) in [5.41, 5.74) is 7.89. The Labute approximate surface area is 170 Å². The van der Waals surface area contributed by atoms with Gasteiger partial charge in [-0.2, -0.15) is 5.01 Å². The number of benzene rings is 3. The van der Waals surface area contributed by atoms with Crippen LogP contribution in [0.4, 0.5) is 0 Å². The van der Waals surface area contributed by atoms with E-state index in [1.807, 2.05) is 60.7 Å². The predicted octanol–water partition coefficient (Wildman–Crippen LogP) is 4.70. The number of hydrogen-bond donors (Lipinski definition) is 1. The van der Waals surface area contributed by atoms with Crippen molar-refractivity contribution in [1.29, 1.82) is 0 Å². The Kier molecular flexibility index (Phi) is 4.37. The van der Waals surface area contributed by atoms with E-state index < -0.39 is 0 Å². The standard InChI is InChI=1S/C24H22N2O3/c1-27-18-10-8-17(9-11-18)24-26-22(15-21(25-26)16-6-4-3-5-7-16)20-14-19(28-2)12-13-23(20)29-24/h3-15,22,24-25H,1-2H3/t22-,24-/m1/s1. The van der Waals surface area contributed by atoms with Crippen molar-refractivity contribution in [2.75, 3.05) is 14.2 Å². The van der Waals surface area contributed by atoms with Crippen LogP contribution in [0.2, 0.25) is 0 Å². The van der Waals surface area contributed by atoms with Crippen LogP contribution in [0.25, 0.3) is 5.70 Å². The maximum absolute atomic E-state index is 6.42. The van der Waals surface area contributed by atoms with Crippen LogP contribution in [0.3, 0.4) is 0 Å². The zero-order chi connectivity index (χ0) is 19.8. The first-order valence-corrected chi connectivity index (χ1v) is 9.57. The first-order valence-electron chi connectivity index (χ1n) is 9.57. The number of hydrazine groups is 1. The van der Waals surface area contributed by atoms with Gasteiger partial charge in [-0.1, -0.05) is 42.5 Å². The molecule has 0 spiro atoms. The van der Waals surface area contributed by atoms with Gasteiger partial charge in [-0.3, -0.25) is 0 Å². The lowest BCUT2D eigenvalue weighted by atomic mass is 10.0. The molecule has 0 saturated carbocycles. The lowest BCUT2D eigenvalue weighted by Crippen LogP contribution is -2.43. The molecule has 5 rings (SSSR count). The smallest absolute Gasteiger partial charge is 0.195 e. The van der Waals surface area contributed by atoms with E-state index in [4.69, 9.17) is 14.2 Å². The lowest BCUT2D eigenvalue weighted by molar-refractivity contribution is -0.0327. The van der Waals surface area contributed by atoms with Crippen molar-refractivity contribution in [3.8, 4) is 17.2 Å². The monoisotopic (exact) mass is 386 g/mol. The molecule has 5 heteroatoms. The number of fused-ring (bicyclic) bond motifs is 3. The number of hydrogen-bond acceptors (Lipinski definition) is 5. The van der Waals surface area contributed by atoms with E-state index in [1.54, 1.807) is 14.2 Å². The molecule has 2 atom stereocenters. The van der Waals surface area contributed by atoms with Gasteiger partial charge in [-0.15, -0.1) is 0 Å². The van der Waals surface area contributed by atoms with Crippen molar-refractivity contribution in [2.24, 2.45) is 0 Å². The van der Waals surface area contributed by atoms with E-state index in [1.165, 1.54) is 0 Å². The Morgan fingerprint density at radius 1 is 0.862 bits per heavy atom. The average molecular weight is 386 g/mol. The molecule has 2 aliphatic rings. The molecule has 2 heterocycles. The van der Waals surface area contributed by atoms with Crippen LogP contribution in [0.1, 0.15) is 29.0 Å². The highest BCUT2D eigenvalue weighted by Crippen LogP contribution is 2.47. The summed E-state index contributed by atoms with van der Waals surface area (Å²) >= 11 is 0. The van der Waals surface area contributed by atoms with Gasteiger partial charge in [0.2, 0.25) is 0 Å². The summed E-state index contributed by atoms with van der Waals surface area (Å²) in [6.07, 6.45) is 1.97. The van der Waals surface area contributed by atoms with Crippen LogP contribution in [-0.2, 0) is 0 Å². The summed E-state index contributed by atoms with van der Waals surface area (Å²) in [4.78, 5) is 0. The molecule has 146 valence electrons. The molecule has 2 aliphatic heterocycles. The van der Waals surface area contributed by atoms with Gasteiger partial charge < -0.3 is 19.6 Å². The number of nitrogens with zero attached hydrogens (tertiary/aromatic N) is 1. The van der Waals surface area contributed by atoms with E-state index in [0.29, 0.717) is 0 Å². The fourth-order valence-corrected chi connectivity index (χ4v) is 3.87. The highest BCUT2D eigenvalue weighted by molar-refractivity contribution is 5.67. The van der Waals surface area contributed by atoms with Crippen molar-refractivity contribution in [3.05, 3.63) is 95.6 Å². The van der Waals surface area contributed by atoms with Gasteiger partial charge in [-0.05, 0) is 42.0 Å². The molecule has 5 nitrogen and oxygen atoms in total. The van der Waals surface area contributed by atoms with Crippen LogP contribution in [0.15, 0.2) is 78.9 Å². The SMILES string of the molecule is COc1ccc([C@H]2Oc3ccc(OC)cc3[C@H]3C=C(c4ccccc4)NN32)cc1. The van der Waals surface area contributed by atoms with E-state index in [0.717, 1.165) is 39.6 Å². The molecule has 0 aliphatic carbocycles. The van der Waals surface area contributed by atoms with Crippen LogP contribution in [0, 0.1) is 0 Å². The number of rotatable bonds is 4. The minimum Gasteiger partial charge on any atom is -0.497 e. The number of methoxy groups -OCH3 is 2. The van der Waals surface area contributed by atoms with Crippen molar-refractivity contribution < 1.29 is 14.2 Å². The van der Waals surface area contributed by atoms with E-state index in [2.05, 4.69) is 28.6 Å². The van der Waals surface area contributed by atoms with Gasteiger partial charge in [0.05, 0.1) is 26.0 Å². The minimum absolute atomic E-state index is 0.0242. The third kappa shape index (κ3) is 3.09. The first kappa shape index (κ1) is 17.6. The fourth-order valence-electron chi connectivity index (χ4n) is 3.87. The van der Waals surface area contributed by atoms with Gasteiger partial charge in [0.25, 0.3) is 0 Å². The molecular formula is C24H22N2O3. The topological polar surface area (TPSA) is 43.0 Å². The summed E-state index contributed by atoms with van der Waals surface area (Å²) in [7, 11) is 3.35. The molecule has 0 bridgehead atoms. The molecule has 0 radical (unpaired) electrons. The van der Waals surface area contributed by atoms with Crippen molar-refractivity contribution in [1.82, 2.24) is 10.4 Å². The van der Waals surface area contributed by atoms with Gasteiger partial charge >= 0.3 is 0 Å². The molecule has 3 aromatic carbocycles. The molecule has 3 aromatic rings. The zero-order valence-corrected chi connectivity index (χ0v) is 16.3. The van der Waals surface area contributed by atoms with Crippen LogP contribution < -0.4 is 19.6 Å². The highest BCUT2D eigenvalue weighted by Gasteiger charge is 2.40. The van der Waals surface area contributed by atoms with Gasteiger partial charge in [0.15, 0.2) is 6.23 Å². The largest absolute Gasteiger partial charge is 0.497 e. The first-order chi connectivity index (χ1) is 14.3. The molecule has 29 heavy (non-hydrogen) atoms. The van der Waals surface area contributed by atoms with E-state index >= 15 is 0 Å². The van der Waals surface area contributed by atoms with Crippen LogP contribution >= 0.6 is 0 Å². The lowest BCUT2D eigenvalue weighted by Gasteiger charge is -2.39. The molecule has 0 amide bonds. The third-order valence-electron chi connectivity index (χ3n) is 5.39. The van der Waals surface area contributed by atoms with Crippen LogP contribution in [-0.4, -0.2) is 19.2 Å². The van der Waals surface area contributed by atoms with E-state index in [9.17, 15) is 0 Å².